The van der Waals surface area contributed by atoms with E-state index in [9.17, 15) is 19.5 Å². The number of carbonyl (C=O) groups is 3. The van der Waals surface area contributed by atoms with Crippen molar-refractivity contribution in [2.75, 3.05) is 26.2 Å². The van der Waals surface area contributed by atoms with Gasteiger partial charge < -0.3 is 20.5 Å². The van der Waals surface area contributed by atoms with Crippen LogP contribution in [0.2, 0.25) is 0 Å². The molecule has 3 N–H and O–H groups in total. The molecular formula is C21H29N3O5. The summed E-state index contributed by atoms with van der Waals surface area (Å²) in [5.41, 5.74) is 2.47. The number of aliphatic hydroxyl groups is 1. The molecule has 3 rings (SSSR count). The summed E-state index contributed by atoms with van der Waals surface area (Å²) >= 11 is 0. The van der Waals surface area contributed by atoms with E-state index in [1.807, 2.05) is 0 Å². The molecule has 0 aromatic heterocycles. The van der Waals surface area contributed by atoms with Gasteiger partial charge in [0.2, 0.25) is 11.8 Å². The fourth-order valence-corrected chi connectivity index (χ4v) is 3.78. The van der Waals surface area contributed by atoms with Crippen molar-refractivity contribution in [1.29, 1.82) is 0 Å². The predicted octanol–water partition coefficient (Wildman–Crippen LogP) is 0.752. The third kappa shape index (κ3) is 5.93. The molecule has 1 aliphatic heterocycles. The van der Waals surface area contributed by atoms with Crippen LogP contribution in [-0.4, -0.2) is 66.3 Å². The lowest BCUT2D eigenvalue weighted by molar-refractivity contribution is -0.125. The summed E-state index contributed by atoms with van der Waals surface area (Å²) in [6, 6.07) is 7.87. The Bertz CT molecular complexity index is 736. The van der Waals surface area contributed by atoms with Crippen molar-refractivity contribution in [1.82, 2.24) is 15.5 Å². The van der Waals surface area contributed by atoms with Crippen LogP contribution in [0.5, 0.6) is 0 Å². The van der Waals surface area contributed by atoms with E-state index >= 15 is 0 Å². The molecule has 1 saturated heterocycles. The lowest BCUT2D eigenvalue weighted by atomic mass is 10.1. The van der Waals surface area contributed by atoms with Gasteiger partial charge in [-0.15, -0.1) is 0 Å². The fourth-order valence-electron chi connectivity index (χ4n) is 3.78. The van der Waals surface area contributed by atoms with Gasteiger partial charge in [-0.2, -0.15) is 0 Å². The number of aliphatic hydroxyl groups excluding tert-OH is 1. The van der Waals surface area contributed by atoms with Crippen LogP contribution in [-0.2, 0) is 20.7 Å². The summed E-state index contributed by atoms with van der Waals surface area (Å²) in [6.07, 6.45) is 1.17. The summed E-state index contributed by atoms with van der Waals surface area (Å²) in [7, 11) is 0. The number of aryl methyl sites for hydroxylation is 2. The van der Waals surface area contributed by atoms with Crippen LogP contribution in [0.15, 0.2) is 24.3 Å². The van der Waals surface area contributed by atoms with E-state index in [0.717, 1.165) is 12.8 Å². The molecule has 3 atom stereocenters. The molecule has 0 bridgehead atoms. The van der Waals surface area contributed by atoms with Gasteiger partial charge >= 0.3 is 6.09 Å². The summed E-state index contributed by atoms with van der Waals surface area (Å²) in [6.45, 7) is 3.19. The van der Waals surface area contributed by atoms with Gasteiger partial charge in [0.15, 0.2) is 0 Å². The number of nitrogens with one attached hydrogen (secondary N) is 2. The second-order valence-electron chi connectivity index (χ2n) is 7.83. The van der Waals surface area contributed by atoms with Crippen LogP contribution < -0.4 is 10.6 Å². The number of hydrogen-bond acceptors (Lipinski definition) is 5. The summed E-state index contributed by atoms with van der Waals surface area (Å²) in [5.74, 6) is -0.772. The summed E-state index contributed by atoms with van der Waals surface area (Å²) < 4.78 is 4.79. The van der Waals surface area contributed by atoms with E-state index in [4.69, 9.17) is 4.74 Å². The maximum atomic E-state index is 12.4. The molecule has 2 aliphatic rings. The van der Waals surface area contributed by atoms with Crippen molar-refractivity contribution >= 4 is 17.9 Å². The molecule has 29 heavy (non-hydrogen) atoms. The first-order valence-electron chi connectivity index (χ1n) is 10.1. The zero-order valence-electron chi connectivity index (χ0n) is 16.7. The number of ether oxygens (including phenoxy) is 1. The monoisotopic (exact) mass is 403 g/mol. The van der Waals surface area contributed by atoms with E-state index in [2.05, 4.69) is 41.8 Å². The maximum Gasteiger partial charge on any atom is 0.410 e. The maximum absolute atomic E-state index is 12.4. The molecule has 1 aromatic rings. The van der Waals surface area contributed by atoms with Gasteiger partial charge in [-0.1, -0.05) is 29.8 Å². The Hall–Kier alpha value is -2.61. The highest BCUT2D eigenvalue weighted by Crippen LogP contribution is 2.26. The highest BCUT2D eigenvalue weighted by Gasteiger charge is 2.38. The summed E-state index contributed by atoms with van der Waals surface area (Å²) in [4.78, 5) is 37.2. The first kappa shape index (κ1) is 21.1. The summed E-state index contributed by atoms with van der Waals surface area (Å²) in [5, 5.41) is 15.9. The van der Waals surface area contributed by atoms with Gasteiger partial charge in [0.1, 0.15) is 13.2 Å². The van der Waals surface area contributed by atoms with Crippen LogP contribution >= 0.6 is 0 Å². The minimum atomic E-state index is -0.771. The van der Waals surface area contributed by atoms with Crippen molar-refractivity contribution in [2.45, 2.75) is 44.8 Å². The zero-order valence-corrected chi connectivity index (χ0v) is 16.7. The van der Waals surface area contributed by atoms with Crippen molar-refractivity contribution in [2.24, 2.45) is 5.92 Å². The van der Waals surface area contributed by atoms with Crippen LogP contribution in [0.3, 0.4) is 0 Å². The minimum Gasteiger partial charge on any atom is -0.448 e. The second-order valence-corrected chi connectivity index (χ2v) is 7.83. The van der Waals surface area contributed by atoms with Crippen molar-refractivity contribution in [3.63, 3.8) is 0 Å². The van der Waals surface area contributed by atoms with Gasteiger partial charge in [-0.05, 0) is 38.2 Å². The van der Waals surface area contributed by atoms with E-state index in [-0.39, 0.29) is 30.9 Å². The number of carbonyl (C=O) groups excluding carboxylic acids is 3. The predicted molar refractivity (Wildman–Crippen MR) is 106 cm³/mol. The smallest absolute Gasteiger partial charge is 0.410 e. The molecule has 8 nitrogen and oxygen atoms in total. The molecule has 2 fully saturated rings. The average Bonchev–Trinajstić information content (AvgIpc) is 3.26. The van der Waals surface area contributed by atoms with Crippen molar-refractivity contribution in [3.8, 4) is 0 Å². The first-order chi connectivity index (χ1) is 13.9. The molecule has 1 aromatic carbocycles. The van der Waals surface area contributed by atoms with E-state index in [1.54, 1.807) is 0 Å². The Balaban J connectivity index is 1.36. The normalized spacial score (nSPS) is 23.7. The fraction of sp³-hybridized carbons (Fsp3) is 0.571. The molecular weight excluding hydrogens is 374 g/mol. The minimum absolute atomic E-state index is 0.0900. The van der Waals surface area contributed by atoms with Crippen LogP contribution in [0.1, 0.15) is 30.4 Å². The van der Waals surface area contributed by atoms with Crippen molar-refractivity contribution in [3.05, 3.63) is 35.4 Å². The van der Waals surface area contributed by atoms with Crippen LogP contribution in [0.4, 0.5) is 4.79 Å². The quantitative estimate of drug-likeness (QED) is 0.555. The second kappa shape index (κ2) is 9.73. The van der Waals surface area contributed by atoms with Crippen LogP contribution in [0.25, 0.3) is 0 Å². The Kier molecular flexibility index (Phi) is 7.09. The molecule has 0 radical (unpaired) electrons. The molecule has 158 valence electrons. The molecule has 0 spiro atoms. The standard InChI is InChI=1S/C21H29N3O5/c1-14-4-6-15(7-5-14)3-2-8-22-20(27)16-11-17(18(25)12-16)23-19(26)13-24-9-10-29-21(24)28/h4-7,16-18,25H,2-3,8-13H2,1H3,(H,22,27)(H,23,26)/t16-,17-,18-/m0/s1. The van der Waals surface area contributed by atoms with E-state index < -0.39 is 18.2 Å². The number of cyclic esters (lactones) is 1. The molecule has 1 heterocycles. The zero-order chi connectivity index (χ0) is 20.8. The van der Waals surface area contributed by atoms with Gasteiger partial charge in [-0.3, -0.25) is 14.5 Å². The lowest BCUT2D eigenvalue weighted by Gasteiger charge is -2.18. The van der Waals surface area contributed by atoms with Gasteiger partial charge in [0.05, 0.1) is 18.7 Å². The average molecular weight is 403 g/mol. The molecule has 3 amide bonds. The van der Waals surface area contributed by atoms with Crippen LogP contribution in [0, 0.1) is 12.8 Å². The van der Waals surface area contributed by atoms with E-state index in [0.29, 0.717) is 25.9 Å². The molecule has 1 saturated carbocycles. The highest BCUT2D eigenvalue weighted by atomic mass is 16.6. The van der Waals surface area contributed by atoms with E-state index in [1.165, 1.54) is 16.0 Å². The topological polar surface area (TPSA) is 108 Å². The highest BCUT2D eigenvalue weighted by molar-refractivity contribution is 5.83. The Labute approximate surface area is 170 Å². The van der Waals surface area contributed by atoms with Gasteiger partial charge in [0.25, 0.3) is 0 Å². The number of benzene rings is 1. The lowest BCUT2D eigenvalue weighted by Crippen LogP contribution is -2.45. The number of amides is 3. The first-order valence-corrected chi connectivity index (χ1v) is 10.1. The molecule has 1 aliphatic carbocycles. The SMILES string of the molecule is Cc1ccc(CCCNC(=O)[C@H]2C[C@H](NC(=O)CN3CCOC3=O)[C@@H](O)C2)cc1. The Morgan fingerprint density at radius 2 is 2.00 bits per heavy atom. The Morgan fingerprint density at radius 3 is 2.69 bits per heavy atom. The molecule has 8 heteroatoms. The third-order valence-electron chi connectivity index (χ3n) is 5.49. The van der Waals surface area contributed by atoms with Crippen molar-refractivity contribution < 1.29 is 24.2 Å². The number of hydrogen-bond donors (Lipinski definition) is 3. The third-order valence-corrected chi connectivity index (χ3v) is 5.49. The van der Waals surface area contributed by atoms with Gasteiger partial charge in [0, 0.05) is 12.5 Å². The molecule has 0 unspecified atom stereocenters. The number of rotatable bonds is 8. The number of nitrogens with zero attached hydrogens (tertiary/aromatic N) is 1. The van der Waals surface area contributed by atoms with Gasteiger partial charge in [-0.25, -0.2) is 4.79 Å². The largest absolute Gasteiger partial charge is 0.448 e. The Morgan fingerprint density at radius 1 is 1.24 bits per heavy atom.